The van der Waals surface area contributed by atoms with Gasteiger partial charge in [0.05, 0.1) is 6.61 Å². The Morgan fingerprint density at radius 1 is 1.38 bits per heavy atom. The maximum atomic E-state index is 12.0. The van der Waals surface area contributed by atoms with Crippen LogP contribution in [0.4, 0.5) is 0 Å². The lowest BCUT2D eigenvalue weighted by atomic mass is 10.1. The zero-order valence-corrected chi connectivity index (χ0v) is 13.4. The lowest BCUT2D eigenvalue weighted by molar-refractivity contribution is -0.137. The van der Waals surface area contributed by atoms with E-state index in [1.54, 1.807) is 33.8 Å². The molecule has 0 aliphatic carbocycles. The topological polar surface area (TPSA) is 85.4 Å². The molecular formula is C14H20N2O4S. The third-order valence-corrected chi connectivity index (χ3v) is 3.85. The fourth-order valence-electron chi connectivity index (χ4n) is 1.46. The van der Waals surface area contributed by atoms with Crippen LogP contribution < -0.4 is 4.72 Å². The van der Waals surface area contributed by atoms with Crippen LogP contribution in [-0.2, 0) is 19.6 Å². The highest BCUT2D eigenvalue weighted by Gasteiger charge is 2.22. The molecule has 0 saturated carbocycles. The first-order chi connectivity index (χ1) is 9.64. The normalized spacial score (nSPS) is 12.6. The summed E-state index contributed by atoms with van der Waals surface area (Å²) in [6.07, 6.45) is 4.16. The number of pyridine rings is 1. The summed E-state index contributed by atoms with van der Waals surface area (Å²) in [6, 6.07) is 2.96. The lowest BCUT2D eigenvalue weighted by Crippen LogP contribution is -2.40. The van der Waals surface area contributed by atoms with Gasteiger partial charge in [-0.3, -0.25) is 0 Å². The average molecular weight is 312 g/mol. The molecule has 1 heterocycles. The summed E-state index contributed by atoms with van der Waals surface area (Å²) < 4.78 is 31.3. The quantitative estimate of drug-likeness (QED) is 0.661. The van der Waals surface area contributed by atoms with Crippen molar-refractivity contribution in [2.45, 2.75) is 38.3 Å². The molecule has 0 aromatic carbocycles. The Bertz CT molecular complexity index is 613. The van der Waals surface area contributed by atoms with Crippen molar-refractivity contribution in [1.29, 1.82) is 0 Å². The molecule has 0 spiro atoms. The molecule has 1 N–H and O–H groups in total. The number of rotatable bonds is 5. The molecule has 7 heteroatoms. The van der Waals surface area contributed by atoms with Crippen molar-refractivity contribution in [1.82, 2.24) is 9.71 Å². The van der Waals surface area contributed by atoms with Crippen molar-refractivity contribution in [3.05, 3.63) is 30.0 Å². The van der Waals surface area contributed by atoms with Gasteiger partial charge in [-0.25, -0.2) is 22.9 Å². The molecular weight excluding hydrogens is 292 g/mol. The highest BCUT2D eigenvalue weighted by Crippen LogP contribution is 2.11. The molecule has 0 bridgehead atoms. The Hall–Kier alpha value is -1.73. The molecule has 1 rings (SSSR count). The van der Waals surface area contributed by atoms with E-state index in [-0.39, 0.29) is 5.03 Å². The van der Waals surface area contributed by atoms with Crippen LogP contribution in [0, 0.1) is 0 Å². The van der Waals surface area contributed by atoms with Gasteiger partial charge in [-0.2, -0.15) is 0 Å². The van der Waals surface area contributed by atoms with Gasteiger partial charge in [0.15, 0.2) is 5.03 Å². The zero-order valence-electron chi connectivity index (χ0n) is 12.6. The minimum Gasteiger partial charge on any atom is -0.463 e. The van der Waals surface area contributed by atoms with Gasteiger partial charge in [0.25, 0.3) is 10.0 Å². The smallest absolute Gasteiger partial charge is 0.330 e. The number of nitrogens with zero attached hydrogens (tertiary/aromatic N) is 1. The Labute approximate surface area is 125 Å². The van der Waals surface area contributed by atoms with Gasteiger partial charge >= 0.3 is 5.97 Å². The predicted molar refractivity (Wildman–Crippen MR) is 80.0 cm³/mol. The number of sulfonamides is 1. The molecule has 0 radical (unpaired) electrons. The van der Waals surface area contributed by atoms with Gasteiger partial charge in [0.1, 0.15) is 0 Å². The van der Waals surface area contributed by atoms with Crippen LogP contribution in [0.15, 0.2) is 29.4 Å². The van der Waals surface area contributed by atoms with Crippen molar-refractivity contribution < 1.29 is 17.9 Å². The Morgan fingerprint density at radius 3 is 2.52 bits per heavy atom. The maximum Gasteiger partial charge on any atom is 0.330 e. The number of carbonyl (C=O) groups is 1. The van der Waals surface area contributed by atoms with Gasteiger partial charge in [-0.1, -0.05) is 6.07 Å². The Balaban J connectivity index is 2.86. The molecule has 0 unspecified atom stereocenters. The second-order valence-electron chi connectivity index (χ2n) is 5.37. The summed E-state index contributed by atoms with van der Waals surface area (Å²) in [5.41, 5.74) is 0.0287. The fourth-order valence-corrected chi connectivity index (χ4v) is 2.81. The highest BCUT2D eigenvalue weighted by molar-refractivity contribution is 7.89. The second-order valence-corrected chi connectivity index (χ2v) is 7.00. The molecule has 0 fully saturated rings. The average Bonchev–Trinajstić information content (AvgIpc) is 2.34. The number of ether oxygens (including phenoxy) is 1. The summed E-state index contributed by atoms with van der Waals surface area (Å²) in [7, 11) is -3.65. The Morgan fingerprint density at radius 2 is 2.05 bits per heavy atom. The van der Waals surface area contributed by atoms with E-state index < -0.39 is 21.5 Å². The van der Waals surface area contributed by atoms with E-state index in [1.807, 2.05) is 0 Å². The number of esters is 1. The van der Waals surface area contributed by atoms with Crippen molar-refractivity contribution in [3.63, 3.8) is 0 Å². The fraction of sp³-hybridized carbons (Fsp3) is 0.429. The van der Waals surface area contributed by atoms with Crippen LogP contribution >= 0.6 is 0 Å². The first kappa shape index (κ1) is 17.3. The molecule has 0 aliphatic heterocycles. The Kier molecular flexibility index (Phi) is 5.62. The third-order valence-electron chi connectivity index (χ3n) is 2.17. The van der Waals surface area contributed by atoms with E-state index in [2.05, 4.69) is 9.71 Å². The summed E-state index contributed by atoms with van der Waals surface area (Å²) >= 11 is 0. The van der Waals surface area contributed by atoms with Crippen LogP contribution in [0.25, 0.3) is 6.08 Å². The SMILES string of the molecule is CCOC(=O)/C=C/c1ccc(S(=O)(=O)NC(C)(C)C)nc1. The predicted octanol–water partition coefficient (Wildman–Crippen LogP) is 1.73. The van der Waals surface area contributed by atoms with E-state index in [9.17, 15) is 13.2 Å². The van der Waals surface area contributed by atoms with Crippen molar-refractivity contribution in [3.8, 4) is 0 Å². The van der Waals surface area contributed by atoms with Gasteiger partial charge in [0, 0.05) is 17.8 Å². The molecule has 0 saturated heterocycles. The van der Waals surface area contributed by atoms with Gasteiger partial charge < -0.3 is 4.74 Å². The first-order valence-corrected chi connectivity index (χ1v) is 7.97. The highest BCUT2D eigenvalue weighted by atomic mass is 32.2. The molecule has 0 atom stereocenters. The number of carbonyl (C=O) groups excluding carboxylic acids is 1. The molecule has 21 heavy (non-hydrogen) atoms. The van der Waals surface area contributed by atoms with Gasteiger partial charge in [-0.15, -0.1) is 0 Å². The molecule has 6 nitrogen and oxygen atoms in total. The van der Waals surface area contributed by atoms with Crippen molar-refractivity contribution >= 4 is 22.1 Å². The van der Waals surface area contributed by atoms with E-state index in [1.165, 1.54) is 24.4 Å². The van der Waals surface area contributed by atoms with Crippen LogP contribution in [0.1, 0.15) is 33.3 Å². The number of aromatic nitrogens is 1. The maximum absolute atomic E-state index is 12.0. The van der Waals surface area contributed by atoms with Crippen LogP contribution in [0.5, 0.6) is 0 Å². The zero-order chi connectivity index (χ0) is 16.1. The molecule has 0 amide bonds. The minimum atomic E-state index is -3.65. The number of nitrogens with one attached hydrogen (secondary N) is 1. The first-order valence-electron chi connectivity index (χ1n) is 6.49. The van der Waals surface area contributed by atoms with E-state index in [4.69, 9.17) is 4.74 Å². The number of hydrogen-bond donors (Lipinski definition) is 1. The van der Waals surface area contributed by atoms with E-state index >= 15 is 0 Å². The third kappa shape index (κ3) is 6.05. The van der Waals surface area contributed by atoms with Crippen molar-refractivity contribution in [2.24, 2.45) is 0 Å². The van der Waals surface area contributed by atoms with Crippen LogP contribution in [0.3, 0.4) is 0 Å². The monoisotopic (exact) mass is 312 g/mol. The summed E-state index contributed by atoms with van der Waals surface area (Å²) in [5.74, 6) is -0.455. The van der Waals surface area contributed by atoms with E-state index in [0.717, 1.165) is 0 Å². The van der Waals surface area contributed by atoms with E-state index in [0.29, 0.717) is 12.2 Å². The summed E-state index contributed by atoms with van der Waals surface area (Å²) in [4.78, 5) is 15.1. The van der Waals surface area contributed by atoms with Crippen molar-refractivity contribution in [2.75, 3.05) is 6.61 Å². The lowest BCUT2D eigenvalue weighted by Gasteiger charge is -2.19. The molecule has 1 aromatic heterocycles. The number of hydrogen-bond acceptors (Lipinski definition) is 5. The molecule has 0 aliphatic rings. The second kappa shape index (κ2) is 6.82. The summed E-state index contributed by atoms with van der Waals surface area (Å²) in [6.45, 7) is 7.27. The van der Waals surface area contributed by atoms with Gasteiger partial charge in [-0.05, 0) is 45.4 Å². The standard InChI is InChI=1S/C14H20N2O4S/c1-5-20-13(17)9-7-11-6-8-12(15-10-11)21(18,19)16-14(2,3)4/h6-10,16H,5H2,1-4H3/b9-7+. The molecule has 116 valence electrons. The molecule has 1 aromatic rings. The summed E-state index contributed by atoms with van der Waals surface area (Å²) in [5, 5.41) is -0.0642. The van der Waals surface area contributed by atoms with Gasteiger partial charge in [0.2, 0.25) is 0 Å². The van der Waals surface area contributed by atoms with Crippen LogP contribution in [-0.4, -0.2) is 31.5 Å². The largest absolute Gasteiger partial charge is 0.463 e. The minimum absolute atomic E-state index is 0.0642. The van der Waals surface area contributed by atoms with Crippen LogP contribution in [0.2, 0.25) is 0 Å².